The molecule has 0 saturated carbocycles. The molecule has 0 radical (unpaired) electrons. The highest BCUT2D eigenvalue weighted by Crippen LogP contribution is 2.34. The van der Waals surface area contributed by atoms with Crippen LogP contribution in [0.25, 0.3) is 0 Å². The SMILES string of the molecule is CCC(Br)C(=O)c1c(Br)cc(OC)cc1OC. The third-order valence-corrected chi connectivity index (χ3v) is 4.06. The fourth-order valence-corrected chi connectivity index (χ4v) is 2.26. The summed E-state index contributed by atoms with van der Waals surface area (Å²) in [6.45, 7) is 1.95. The number of benzene rings is 1. The lowest BCUT2D eigenvalue weighted by Gasteiger charge is -2.14. The Balaban J connectivity index is 3.27. The van der Waals surface area contributed by atoms with Crippen molar-refractivity contribution in [3.8, 4) is 11.5 Å². The van der Waals surface area contributed by atoms with Gasteiger partial charge in [-0.3, -0.25) is 4.79 Å². The lowest BCUT2D eigenvalue weighted by Crippen LogP contribution is -2.15. The zero-order valence-electron chi connectivity index (χ0n) is 9.92. The molecular weight excluding hydrogens is 352 g/mol. The molecule has 0 aliphatic heterocycles. The molecule has 94 valence electrons. The van der Waals surface area contributed by atoms with Gasteiger partial charge in [-0.25, -0.2) is 0 Å². The molecule has 0 aliphatic carbocycles. The first-order chi connectivity index (χ1) is 8.04. The van der Waals surface area contributed by atoms with Gasteiger partial charge in [0.25, 0.3) is 0 Å². The number of methoxy groups -OCH3 is 2. The van der Waals surface area contributed by atoms with E-state index in [1.165, 1.54) is 7.11 Å². The van der Waals surface area contributed by atoms with E-state index >= 15 is 0 Å². The van der Waals surface area contributed by atoms with E-state index in [0.717, 1.165) is 6.42 Å². The van der Waals surface area contributed by atoms with Gasteiger partial charge in [0, 0.05) is 10.5 Å². The quantitative estimate of drug-likeness (QED) is 0.587. The summed E-state index contributed by atoms with van der Waals surface area (Å²) >= 11 is 6.73. The normalized spacial score (nSPS) is 12.1. The molecule has 0 aromatic heterocycles. The van der Waals surface area contributed by atoms with Crippen molar-refractivity contribution in [3.05, 3.63) is 22.2 Å². The minimum Gasteiger partial charge on any atom is -0.497 e. The smallest absolute Gasteiger partial charge is 0.181 e. The van der Waals surface area contributed by atoms with Crippen molar-refractivity contribution in [2.45, 2.75) is 18.2 Å². The number of ketones is 1. The molecule has 1 atom stereocenters. The average molecular weight is 366 g/mol. The van der Waals surface area contributed by atoms with E-state index in [1.54, 1.807) is 19.2 Å². The van der Waals surface area contributed by atoms with Gasteiger partial charge in [-0.1, -0.05) is 22.9 Å². The molecule has 1 rings (SSSR count). The largest absolute Gasteiger partial charge is 0.497 e. The van der Waals surface area contributed by atoms with Gasteiger partial charge in [0.15, 0.2) is 5.78 Å². The molecule has 0 bridgehead atoms. The van der Waals surface area contributed by atoms with Crippen LogP contribution >= 0.6 is 31.9 Å². The van der Waals surface area contributed by atoms with Crippen molar-refractivity contribution in [2.24, 2.45) is 0 Å². The number of rotatable bonds is 5. The van der Waals surface area contributed by atoms with Crippen molar-refractivity contribution in [3.63, 3.8) is 0 Å². The van der Waals surface area contributed by atoms with Crippen LogP contribution in [0, 0.1) is 0 Å². The second-order valence-electron chi connectivity index (χ2n) is 3.43. The molecule has 0 amide bonds. The van der Waals surface area contributed by atoms with Crippen LogP contribution in [0.1, 0.15) is 23.7 Å². The Labute approximate surface area is 118 Å². The van der Waals surface area contributed by atoms with Crippen LogP contribution in [0.3, 0.4) is 0 Å². The molecule has 1 aromatic carbocycles. The van der Waals surface area contributed by atoms with Gasteiger partial charge >= 0.3 is 0 Å². The van der Waals surface area contributed by atoms with Crippen molar-refractivity contribution < 1.29 is 14.3 Å². The lowest BCUT2D eigenvalue weighted by molar-refractivity contribution is 0.0986. The monoisotopic (exact) mass is 364 g/mol. The summed E-state index contributed by atoms with van der Waals surface area (Å²) in [5, 5.41) is 0. The van der Waals surface area contributed by atoms with Crippen molar-refractivity contribution in [2.75, 3.05) is 14.2 Å². The molecule has 0 saturated heterocycles. The third kappa shape index (κ3) is 3.22. The summed E-state index contributed by atoms with van der Waals surface area (Å²) in [4.78, 5) is 12.0. The second kappa shape index (κ2) is 6.40. The maximum absolute atomic E-state index is 12.2. The minimum absolute atomic E-state index is 0.00104. The van der Waals surface area contributed by atoms with E-state index in [9.17, 15) is 4.79 Å². The molecule has 0 N–H and O–H groups in total. The Morgan fingerprint density at radius 2 is 2.00 bits per heavy atom. The van der Waals surface area contributed by atoms with Crippen molar-refractivity contribution in [1.82, 2.24) is 0 Å². The number of carbonyl (C=O) groups is 1. The van der Waals surface area contributed by atoms with E-state index < -0.39 is 0 Å². The van der Waals surface area contributed by atoms with Gasteiger partial charge in [-0.2, -0.15) is 0 Å². The summed E-state index contributed by atoms with van der Waals surface area (Å²) in [7, 11) is 3.11. The zero-order valence-corrected chi connectivity index (χ0v) is 13.1. The lowest BCUT2D eigenvalue weighted by atomic mass is 10.1. The molecule has 0 spiro atoms. The molecule has 1 aromatic rings. The number of ether oxygens (including phenoxy) is 2. The first kappa shape index (κ1) is 14.5. The fraction of sp³-hybridized carbons (Fsp3) is 0.417. The van der Waals surface area contributed by atoms with Gasteiger partial charge < -0.3 is 9.47 Å². The molecule has 0 aliphatic rings. The van der Waals surface area contributed by atoms with Gasteiger partial charge in [-0.05, 0) is 28.4 Å². The van der Waals surface area contributed by atoms with Crippen LogP contribution in [0.5, 0.6) is 11.5 Å². The zero-order chi connectivity index (χ0) is 13.0. The molecule has 5 heteroatoms. The predicted molar refractivity (Wildman–Crippen MR) is 74.6 cm³/mol. The maximum Gasteiger partial charge on any atom is 0.181 e. The van der Waals surface area contributed by atoms with Crippen LogP contribution in [-0.2, 0) is 0 Å². The predicted octanol–water partition coefficient (Wildman–Crippen LogP) is 3.82. The van der Waals surface area contributed by atoms with Crippen LogP contribution in [0.4, 0.5) is 0 Å². The number of carbonyl (C=O) groups excluding carboxylic acids is 1. The molecule has 17 heavy (non-hydrogen) atoms. The van der Waals surface area contributed by atoms with Crippen LogP contribution in [0.2, 0.25) is 0 Å². The van der Waals surface area contributed by atoms with Gasteiger partial charge in [0.1, 0.15) is 11.5 Å². The highest BCUT2D eigenvalue weighted by molar-refractivity contribution is 9.10. The number of alkyl halides is 1. The summed E-state index contributed by atoms with van der Waals surface area (Å²) in [5.74, 6) is 1.16. The number of halogens is 2. The summed E-state index contributed by atoms with van der Waals surface area (Å²) in [5.41, 5.74) is 0.539. The molecule has 3 nitrogen and oxygen atoms in total. The van der Waals surface area contributed by atoms with E-state index in [4.69, 9.17) is 9.47 Å². The van der Waals surface area contributed by atoms with Crippen molar-refractivity contribution in [1.29, 1.82) is 0 Å². The number of hydrogen-bond donors (Lipinski definition) is 0. The summed E-state index contributed by atoms with van der Waals surface area (Å²) < 4.78 is 11.0. The second-order valence-corrected chi connectivity index (χ2v) is 5.39. The summed E-state index contributed by atoms with van der Waals surface area (Å²) in [6.07, 6.45) is 0.723. The molecule has 0 fully saturated rings. The van der Waals surface area contributed by atoms with E-state index in [1.807, 2.05) is 6.92 Å². The van der Waals surface area contributed by atoms with Gasteiger partial charge in [0.05, 0.1) is 24.6 Å². The third-order valence-electron chi connectivity index (χ3n) is 2.37. The topological polar surface area (TPSA) is 35.5 Å². The van der Waals surface area contributed by atoms with E-state index in [2.05, 4.69) is 31.9 Å². The van der Waals surface area contributed by atoms with Crippen LogP contribution in [-0.4, -0.2) is 24.8 Å². The molecule has 1 unspecified atom stereocenters. The highest BCUT2D eigenvalue weighted by Gasteiger charge is 2.22. The Morgan fingerprint density at radius 3 is 2.47 bits per heavy atom. The van der Waals surface area contributed by atoms with Crippen LogP contribution < -0.4 is 9.47 Å². The molecule has 0 heterocycles. The maximum atomic E-state index is 12.2. The first-order valence-corrected chi connectivity index (χ1v) is 6.85. The fourth-order valence-electron chi connectivity index (χ4n) is 1.42. The summed E-state index contributed by atoms with van der Waals surface area (Å²) in [6, 6.07) is 3.46. The van der Waals surface area contributed by atoms with Gasteiger partial charge in [-0.15, -0.1) is 0 Å². The molecular formula is C12H14Br2O3. The van der Waals surface area contributed by atoms with E-state index in [-0.39, 0.29) is 10.6 Å². The Kier molecular flexibility index (Phi) is 5.46. The van der Waals surface area contributed by atoms with Crippen molar-refractivity contribution >= 4 is 37.6 Å². The first-order valence-electron chi connectivity index (χ1n) is 5.14. The van der Waals surface area contributed by atoms with Crippen LogP contribution in [0.15, 0.2) is 16.6 Å². The number of Topliss-reactive ketones (excluding diaryl/α,β-unsaturated/α-hetero) is 1. The average Bonchev–Trinajstić information content (AvgIpc) is 2.35. The van der Waals surface area contributed by atoms with E-state index in [0.29, 0.717) is 21.5 Å². The minimum atomic E-state index is -0.207. The Hall–Kier alpha value is -0.550. The number of hydrogen-bond acceptors (Lipinski definition) is 3. The Morgan fingerprint density at radius 1 is 1.35 bits per heavy atom. The Bertz CT molecular complexity index is 418. The van der Waals surface area contributed by atoms with Gasteiger partial charge in [0.2, 0.25) is 0 Å². The standard InChI is InChI=1S/C12H14Br2O3/c1-4-8(13)12(15)11-9(14)5-7(16-2)6-10(11)17-3/h5-6,8H,4H2,1-3H3. The highest BCUT2D eigenvalue weighted by atomic mass is 79.9.